The fourth-order valence-corrected chi connectivity index (χ4v) is 2.54. The molecule has 0 bridgehead atoms. The van der Waals surface area contributed by atoms with E-state index in [1.54, 1.807) is 19.5 Å². The number of aromatic nitrogens is 2. The molecule has 1 aliphatic rings. The highest BCUT2D eigenvalue weighted by molar-refractivity contribution is 5.33. The van der Waals surface area contributed by atoms with Crippen LogP contribution in [0.3, 0.4) is 0 Å². The van der Waals surface area contributed by atoms with E-state index in [1.165, 1.54) is 0 Å². The SMILES string of the molecule is CCN(c1ncc(OC)cn1)C1CCC(N)CC1. The van der Waals surface area contributed by atoms with Crippen LogP contribution in [0.4, 0.5) is 5.95 Å². The average Bonchev–Trinajstić information content (AvgIpc) is 2.42. The molecule has 0 saturated heterocycles. The molecule has 1 aromatic rings. The molecule has 18 heavy (non-hydrogen) atoms. The maximum atomic E-state index is 5.95. The van der Waals surface area contributed by atoms with Crippen LogP contribution < -0.4 is 15.4 Å². The van der Waals surface area contributed by atoms with Gasteiger partial charge in [0.15, 0.2) is 5.75 Å². The van der Waals surface area contributed by atoms with Gasteiger partial charge in [-0.25, -0.2) is 9.97 Å². The molecule has 1 fully saturated rings. The lowest BCUT2D eigenvalue weighted by molar-refractivity contribution is 0.374. The van der Waals surface area contributed by atoms with E-state index in [-0.39, 0.29) is 0 Å². The van der Waals surface area contributed by atoms with Crippen molar-refractivity contribution in [2.45, 2.75) is 44.7 Å². The Morgan fingerprint density at radius 2 is 1.89 bits per heavy atom. The molecule has 0 radical (unpaired) electrons. The molecule has 2 N–H and O–H groups in total. The second kappa shape index (κ2) is 6.00. The number of ether oxygens (including phenoxy) is 1. The number of nitrogens with zero attached hydrogens (tertiary/aromatic N) is 3. The minimum atomic E-state index is 0.372. The summed E-state index contributed by atoms with van der Waals surface area (Å²) in [4.78, 5) is 11.0. The zero-order valence-corrected chi connectivity index (χ0v) is 11.2. The Labute approximate surface area is 108 Å². The molecule has 1 aromatic heterocycles. The van der Waals surface area contributed by atoms with Crippen molar-refractivity contribution in [1.82, 2.24) is 9.97 Å². The summed E-state index contributed by atoms with van der Waals surface area (Å²) in [7, 11) is 1.62. The highest BCUT2D eigenvalue weighted by Gasteiger charge is 2.24. The lowest BCUT2D eigenvalue weighted by Crippen LogP contribution is -2.41. The van der Waals surface area contributed by atoms with Crippen molar-refractivity contribution in [2.24, 2.45) is 5.73 Å². The van der Waals surface area contributed by atoms with E-state index in [4.69, 9.17) is 10.5 Å². The molecule has 1 aliphatic carbocycles. The minimum absolute atomic E-state index is 0.372. The van der Waals surface area contributed by atoms with Gasteiger partial charge in [0.1, 0.15) is 0 Å². The first-order valence-electron chi connectivity index (χ1n) is 6.62. The van der Waals surface area contributed by atoms with Crippen LogP contribution >= 0.6 is 0 Å². The second-order valence-corrected chi connectivity index (χ2v) is 4.78. The van der Waals surface area contributed by atoms with Crippen molar-refractivity contribution in [3.8, 4) is 5.75 Å². The van der Waals surface area contributed by atoms with E-state index in [9.17, 15) is 0 Å². The van der Waals surface area contributed by atoms with Gasteiger partial charge in [0, 0.05) is 18.6 Å². The summed E-state index contributed by atoms with van der Waals surface area (Å²) in [6.07, 6.45) is 7.89. The van der Waals surface area contributed by atoms with E-state index >= 15 is 0 Å². The third-order valence-corrected chi connectivity index (χ3v) is 3.63. The molecule has 100 valence electrons. The van der Waals surface area contributed by atoms with Crippen molar-refractivity contribution in [2.75, 3.05) is 18.6 Å². The molecule has 0 aliphatic heterocycles. The fraction of sp³-hybridized carbons (Fsp3) is 0.692. The first-order valence-corrected chi connectivity index (χ1v) is 6.62. The van der Waals surface area contributed by atoms with Crippen molar-refractivity contribution in [3.63, 3.8) is 0 Å². The van der Waals surface area contributed by atoms with E-state index in [0.29, 0.717) is 17.8 Å². The van der Waals surface area contributed by atoms with Gasteiger partial charge in [0.2, 0.25) is 5.95 Å². The molecule has 2 rings (SSSR count). The molecule has 0 atom stereocenters. The third kappa shape index (κ3) is 2.90. The minimum Gasteiger partial charge on any atom is -0.494 e. The van der Waals surface area contributed by atoms with Crippen molar-refractivity contribution >= 4 is 5.95 Å². The predicted octanol–water partition coefficient (Wildman–Crippen LogP) is 1.58. The third-order valence-electron chi connectivity index (χ3n) is 3.63. The summed E-state index contributed by atoms with van der Waals surface area (Å²) in [5.41, 5.74) is 5.95. The molecule has 0 amide bonds. The van der Waals surface area contributed by atoms with Crippen molar-refractivity contribution < 1.29 is 4.74 Å². The first-order chi connectivity index (χ1) is 8.74. The van der Waals surface area contributed by atoms with E-state index < -0.39 is 0 Å². The Balaban J connectivity index is 2.07. The zero-order valence-electron chi connectivity index (χ0n) is 11.2. The Kier molecular flexibility index (Phi) is 4.36. The summed E-state index contributed by atoms with van der Waals surface area (Å²) in [5.74, 6) is 1.49. The van der Waals surface area contributed by atoms with Gasteiger partial charge in [-0.05, 0) is 32.6 Å². The Morgan fingerprint density at radius 3 is 2.39 bits per heavy atom. The van der Waals surface area contributed by atoms with E-state index in [1.807, 2.05) is 0 Å². The maximum Gasteiger partial charge on any atom is 0.225 e. The number of hydrogen-bond donors (Lipinski definition) is 1. The topological polar surface area (TPSA) is 64.3 Å². The lowest BCUT2D eigenvalue weighted by Gasteiger charge is -2.35. The predicted molar refractivity (Wildman–Crippen MR) is 71.8 cm³/mol. The first kappa shape index (κ1) is 13.1. The number of nitrogens with two attached hydrogens (primary N) is 1. The van der Waals surface area contributed by atoms with Gasteiger partial charge in [-0.2, -0.15) is 0 Å². The molecule has 0 aromatic carbocycles. The number of rotatable bonds is 4. The van der Waals surface area contributed by atoms with Crippen molar-refractivity contribution in [3.05, 3.63) is 12.4 Å². The monoisotopic (exact) mass is 250 g/mol. The van der Waals surface area contributed by atoms with Gasteiger partial charge in [-0.3, -0.25) is 0 Å². The van der Waals surface area contributed by atoms with Crippen LogP contribution in [0.1, 0.15) is 32.6 Å². The number of methoxy groups -OCH3 is 1. The Hall–Kier alpha value is -1.36. The molecular formula is C13H22N4O. The van der Waals surface area contributed by atoms with Gasteiger partial charge >= 0.3 is 0 Å². The molecule has 1 saturated carbocycles. The zero-order chi connectivity index (χ0) is 13.0. The largest absolute Gasteiger partial charge is 0.494 e. The number of anilines is 1. The van der Waals surface area contributed by atoms with Crippen LogP contribution in [-0.4, -0.2) is 35.7 Å². The quantitative estimate of drug-likeness (QED) is 0.879. The lowest BCUT2D eigenvalue weighted by atomic mass is 9.91. The van der Waals surface area contributed by atoms with E-state index in [2.05, 4.69) is 21.8 Å². The smallest absolute Gasteiger partial charge is 0.225 e. The summed E-state index contributed by atoms with van der Waals surface area (Å²) in [5, 5.41) is 0. The Bertz CT molecular complexity index is 360. The van der Waals surface area contributed by atoms with Gasteiger partial charge in [0.05, 0.1) is 19.5 Å². The van der Waals surface area contributed by atoms with Gasteiger partial charge in [-0.15, -0.1) is 0 Å². The van der Waals surface area contributed by atoms with Crippen LogP contribution in [0.15, 0.2) is 12.4 Å². The van der Waals surface area contributed by atoms with Crippen LogP contribution in [0.25, 0.3) is 0 Å². The highest BCUT2D eigenvalue weighted by atomic mass is 16.5. The average molecular weight is 250 g/mol. The van der Waals surface area contributed by atoms with Crippen LogP contribution in [0.5, 0.6) is 5.75 Å². The highest BCUT2D eigenvalue weighted by Crippen LogP contribution is 2.25. The normalized spacial score (nSPS) is 23.7. The van der Waals surface area contributed by atoms with Crippen molar-refractivity contribution in [1.29, 1.82) is 0 Å². The molecule has 5 nitrogen and oxygen atoms in total. The Morgan fingerprint density at radius 1 is 1.28 bits per heavy atom. The van der Waals surface area contributed by atoms with Crippen LogP contribution in [0.2, 0.25) is 0 Å². The summed E-state index contributed by atoms with van der Waals surface area (Å²) in [6, 6.07) is 0.889. The van der Waals surface area contributed by atoms with Gasteiger partial charge in [0.25, 0.3) is 0 Å². The second-order valence-electron chi connectivity index (χ2n) is 4.78. The maximum absolute atomic E-state index is 5.95. The number of hydrogen-bond acceptors (Lipinski definition) is 5. The molecular weight excluding hydrogens is 228 g/mol. The standard InChI is InChI=1S/C13H22N4O/c1-3-17(11-6-4-10(14)5-7-11)13-15-8-12(18-2)9-16-13/h8-11H,3-7,14H2,1-2H3. The molecule has 0 unspecified atom stereocenters. The summed E-state index contributed by atoms with van der Waals surface area (Å²) < 4.78 is 5.08. The van der Waals surface area contributed by atoms with Crippen LogP contribution in [-0.2, 0) is 0 Å². The van der Waals surface area contributed by atoms with E-state index in [0.717, 1.165) is 38.2 Å². The summed E-state index contributed by atoms with van der Waals surface area (Å²) in [6.45, 7) is 3.06. The molecule has 0 spiro atoms. The molecule has 5 heteroatoms. The fourth-order valence-electron chi connectivity index (χ4n) is 2.54. The summed E-state index contributed by atoms with van der Waals surface area (Å²) >= 11 is 0. The van der Waals surface area contributed by atoms with Gasteiger partial charge < -0.3 is 15.4 Å². The van der Waals surface area contributed by atoms with Gasteiger partial charge in [-0.1, -0.05) is 0 Å². The van der Waals surface area contributed by atoms with Crippen LogP contribution in [0, 0.1) is 0 Å². The molecule has 1 heterocycles.